The van der Waals surface area contributed by atoms with Crippen molar-refractivity contribution in [3.63, 3.8) is 0 Å². The highest BCUT2D eigenvalue weighted by Gasteiger charge is 2.15. The summed E-state index contributed by atoms with van der Waals surface area (Å²) in [6.45, 7) is 4.12. The van der Waals surface area contributed by atoms with Crippen LogP contribution >= 0.6 is 0 Å². The van der Waals surface area contributed by atoms with Crippen molar-refractivity contribution in [3.8, 4) is 6.07 Å². The van der Waals surface area contributed by atoms with Crippen molar-refractivity contribution in [1.29, 1.82) is 5.26 Å². The first-order chi connectivity index (χ1) is 9.24. The highest BCUT2D eigenvalue weighted by atomic mass is 16.5. The fraction of sp³-hybridized carbons (Fsp3) is 0.571. The molecule has 1 aromatic rings. The van der Waals surface area contributed by atoms with E-state index in [1.54, 1.807) is 13.3 Å². The number of nitriles is 1. The molecular formula is C14H22N4O. The molecule has 0 bridgehead atoms. The first kappa shape index (κ1) is 15.4. The van der Waals surface area contributed by atoms with Crippen LogP contribution in [0.15, 0.2) is 18.3 Å². The number of aromatic nitrogens is 1. The zero-order valence-corrected chi connectivity index (χ0v) is 11.9. The molecule has 19 heavy (non-hydrogen) atoms. The lowest BCUT2D eigenvalue weighted by molar-refractivity contribution is 0.205. The van der Waals surface area contributed by atoms with Gasteiger partial charge >= 0.3 is 0 Å². The van der Waals surface area contributed by atoms with Crippen molar-refractivity contribution in [2.24, 2.45) is 0 Å². The minimum atomic E-state index is 0.218. The minimum Gasteiger partial charge on any atom is -0.383 e. The molecule has 1 unspecified atom stereocenters. The number of ether oxygens (including phenoxy) is 1. The SMILES string of the molecule is CNC(C)c1cccnc1N(CCC#N)CCOC. The number of rotatable bonds is 8. The molecule has 0 saturated heterocycles. The van der Waals surface area contributed by atoms with Crippen LogP contribution in [0.5, 0.6) is 0 Å². The molecule has 1 atom stereocenters. The van der Waals surface area contributed by atoms with Gasteiger partial charge in [-0.05, 0) is 20.0 Å². The molecule has 1 heterocycles. The minimum absolute atomic E-state index is 0.218. The van der Waals surface area contributed by atoms with Gasteiger partial charge in [-0.3, -0.25) is 0 Å². The van der Waals surface area contributed by atoms with E-state index >= 15 is 0 Å². The molecule has 1 N–H and O–H groups in total. The van der Waals surface area contributed by atoms with Gasteiger partial charge in [-0.15, -0.1) is 0 Å². The van der Waals surface area contributed by atoms with E-state index in [2.05, 4.69) is 34.3 Å². The number of hydrogen-bond donors (Lipinski definition) is 1. The molecule has 5 nitrogen and oxygen atoms in total. The Morgan fingerprint density at radius 1 is 1.53 bits per heavy atom. The number of nitrogens with zero attached hydrogens (tertiary/aromatic N) is 3. The van der Waals surface area contributed by atoms with Gasteiger partial charge in [0.15, 0.2) is 0 Å². The largest absolute Gasteiger partial charge is 0.383 e. The van der Waals surface area contributed by atoms with Gasteiger partial charge in [-0.25, -0.2) is 4.98 Å². The summed E-state index contributed by atoms with van der Waals surface area (Å²) >= 11 is 0. The zero-order chi connectivity index (χ0) is 14.1. The predicted molar refractivity (Wildman–Crippen MR) is 76.0 cm³/mol. The Kier molecular flexibility index (Phi) is 6.86. The summed E-state index contributed by atoms with van der Waals surface area (Å²) in [6, 6.07) is 6.40. The maximum atomic E-state index is 8.77. The van der Waals surface area contributed by atoms with Gasteiger partial charge in [0, 0.05) is 38.0 Å². The van der Waals surface area contributed by atoms with Gasteiger partial charge in [-0.1, -0.05) is 6.07 Å². The maximum Gasteiger partial charge on any atom is 0.133 e. The van der Waals surface area contributed by atoms with Crippen molar-refractivity contribution in [3.05, 3.63) is 23.9 Å². The Morgan fingerprint density at radius 3 is 2.95 bits per heavy atom. The molecule has 1 aromatic heterocycles. The molecule has 0 saturated carbocycles. The lowest BCUT2D eigenvalue weighted by Crippen LogP contribution is -2.31. The second-order valence-electron chi connectivity index (χ2n) is 4.31. The van der Waals surface area contributed by atoms with Gasteiger partial charge in [0.05, 0.1) is 19.1 Å². The average Bonchev–Trinajstić information content (AvgIpc) is 2.47. The van der Waals surface area contributed by atoms with Crippen molar-refractivity contribution in [2.45, 2.75) is 19.4 Å². The molecule has 0 aliphatic rings. The van der Waals surface area contributed by atoms with E-state index in [0.29, 0.717) is 19.6 Å². The first-order valence-corrected chi connectivity index (χ1v) is 6.47. The van der Waals surface area contributed by atoms with Gasteiger partial charge in [-0.2, -0.15) is 5.26 Å². The highest BCUT2D eigenvalue weighted by molar-refractivity contribution is 5.48. The molecule has 104 valence electrons. The number of pyridine rings is 1. The summed E-state index contributed by atoms with van der Waals surface area (Å²) in [5, 5.41) is 12.0. The Balaban J connectivity index is 2.96. The molecule has 0 aromatic carbocycles. The standard InChI is InChI=1S/C14H22N4O/c1-12(16-2)13-6-4-8-17-14(13)18(9-5-7-15)10-11-19-3/h4,6,8,12,16H,5,9-11H2,1-3H3. The molecule has 0 spiro atoms. The molecule has 0 fully saturated rings. The summed E-state index contributed by atoms with van der Waals surface area (Å²) in [5.74, 6) is 0.927. The van der Waals surface area contributed by atoms with Crippen molar-refractivity contribution in [2.75, 3.05) is 38.8 Å². The fourth-order valence-corrected chi connectivity index (χ4v) is 1.88. The number of methoxy groups -OCH3 is 1. The van der Waals surface area contributed by atoms with E-state index in [9.17, 15) is 0 Å². The van der Waals surface area contributed by atoms with Gasteiger partial charge in [0.25, 0.3) is 0 Å². The van der Waals surface area contributed by atoms with Gasteiger partial charge < -0.3 is 15.0 Å². The summed E-state index contributed by atoms with van der Waals surface area (Å²) < 4.78 is 5.13. The number of hydrogen-bond acceptors (Lipinski definition) is 5. The topological polar surface area (TPSA) is 61.2 Å². The summed E-state index contributed by atoms with van der Waals surface area (Å²) in [4.78, 5) is 6.58. The Labute approximate surface area is 115 Å². The maximum absolute atomic E-state index is 8.77. The number of anilines is 1. The lowest BCUT2D eigenvalue weighted by Gasteiger charge is -2.26. The molecular weight excluding hydrogens is 240 g/mol. The van der Waals surface area contributed by atoms with E-state index in [1.165, 1.54) is 0 Å². The Bertz CT molecular complexity index is 416. The summed E-state index contributed by atoms with van der Waals surface area (Å²) in [7, 11) is 3.61. The molecule has 5 heteroatoms. The predicted octanol–water partition coefficient (Wildman–Crippen LogP) is 1.73. The normalized spacial score (nSPS) is 11.9. The molecule has 0 aliphatic heterocycles. The van der Waals surface area contributed by atoms with Crippen LogP contribution in [-0.4, -0.2) is 38.8 Å². The monoisotopic (exact) mass is 262 g/mol. The van der Waals surface area contributed by atoms with Crippen LogP contribution in [0.1, 0.15) is 24.9 Å². The van der Waals surface area contributed by atoms with Crippen LogP contribution in [0.3, 0.4) is 0 Å². The van der Waals surface area contributed by atoms with Crippen molar-refractivity contribution >= 4 is 5.82 Å². The lowest BCUT2D eigenvalue weighted by atomic mass is 10.1. The highest BCUT2D eigenvalue weighted by Crippen LogP contribution is 2.23. The van der Waals surface area contributed by atoms with Gasteiger partial charge in [0.2, 0.25) is 0 Å². The number of nitrogens with one attached hydrogen (secondary N) is 1. The quantitative estimate of drug-likeness (QED) is 0.773. The van der Waals surface area contributed by atoms with Crippen molar-refractivity contribution < 1.29 is 4.74 Å². The van der Waals surface area contributed by atoms with Crippen LogP contribution in [0.25, 0.3) is 0 Å². The smallest absolute Gasteiger partial charge is 0.133 e. The Hall–Kier alpha value is -1.64. The average molecular weight is 262 g/mol. The second-order valence-corrected chi connectivity index (χ2v) is 4.31. The van der Waals surface area contributed by atoms with Gasteiger partial charge in [0.1, 0.15) is 5.82 Å². The molecule has 0 amide bonds. The van der Waals surface area contributed by atoms with E-state index in [0.717, 1.165) is 17.9 Å². The van der Waals surface area contributed by atoms with Crippen LogP contribution in [0, 0.1) is 11.3 Å². The van der Waals surface area contributed by atoms with Crippen molar-refractivity contribution in [1.82, 2.24) is 10.3 Å². The summed E-state index contributed by atoms with van der Waals surface area (Å²) in [5.41, 5.74) is 1.14. The van der Waals surface area contributed by atoms with Crippen LogP contribution in [0.4, 0.5) is 5.82 Å². The van der Waals surface area contributed by atoms with E-state index in [4.69, 9.17) is 10.00 Å². The van der Waals surface area contributed by atoms with E-state index in [1.807, 2.05) is 13.1 Å². The fourth-order valence-electron chi connectivity index (χ4n) is 1.88. The Morgan fingerprint density at radius 2 is 2.32 bits per heavy atom. The zero-order valence-electron chi connectivity index (χ0n) is 11.9. The molecule has 1 rings (SSSR count). The third kappa shape index (κ3) is 4.51. The third-order valence-corrected chi connectivity index (χ3v) is 3.07. The van der Waals surface area contributed by atoms with E-state index < -0.39 is 0 Å². The van der Waals surface area contributed by atoms with Crippen LogP contribution < -0.4 is 10.2 Å². The molecule has 0 radical (unpaired) electrons. The first-order valence-electron chi connectivity index (χ1n) is 6.47. The molecule has 0 aliphatic carbocycles. The third-order valence-electron chi connectivity index (χ3n) is 3.07. The second kappa shape index (κ2) is 8.46. The van der Waals surface area contributed by atoms with Crippen LogP contribution in [0.2, 0.25) is 0 Å². The van der Waals surface area contributed by atoms with Crippen LogP contribution in [-0.2, 0) is 4.74 Å². The summed E-state index contributed by atoms with van der Waals surface area (Å²) in [6.07, 6.45) is 2.26. The van der Waals surface area contributed by atoms with E-state index in [-0.39, 0.29) is 6.04 Å².